The van der Waals surface area contributed by atoms with Crippen LogP contribution in [-0.4, -0.2) is 0 Å². The first-order chi connectivity index (χ1) is 3.93. The molecule has 0 saturated carbocycles. The number of rotatable bonds is 2. The zero-order valence-corrected chi connectivity index (χ0v) is 4.99. The van der Waals surface area contributed by atoms with Crippen molar-refractivity contribution in [3.05, 3.63) is 18.6 Å². The summed E-state index contributed by atoms with van der Waals surface area (Å²) in [4.78, 5) is 0. The summed E-state index contributed by atoms with van der Waals surface area (Å²) in [6.45, 7) is 4.92. The van der Waals surface area contributed by atoms with E-state index in [9.17, 15) is 0 Å². The van der Waals surface area contributed by atoms with E-state index in [0.29, 0.717) is 0 Å². The van der Waals surface area contributed by atoms with Crippen LogP contribution in [-0.2, 0) is 0 Å². The van der Waals surface area contributed by atoms with Crippen molar-refractivity contribution >= 4 is 0 Å². The Bertz CT molecular complexity index is 96.7. The second-order valence-electron chi connectivity index (χ2n) is 1.81. The molecule has 0 bridgehead atoms. The van der Waals surface area contributed by atoms with E-state index in [4.69, 9.17) is 0 Å². The van der Waals surface area contributed by atoms with E-state index in [1.807, 2.05) is 6.20 Å². The van der Waals surface area contributed by atoms with E-state index < -0.39 is 0 Å². The molecule has 1 aliphatic rings. The third-order valence-electron chi connectivity index (χ3n) is 1.06. The van der Waals surface area contributed by atoms with Crippen LogP contribution in [0.5, 0.6) is 0 Å². The molecule has 2 heteroatoms. The fourth-order valence-corrected chi connectivity index (χ4v) is 0.680. The van der Waals surface area contributed by atoms with Crippen LogP contribution < -0.4 is 10.6 Å². The Kier molecular flexibility index (Phi) is 1.78. The minimum Gasteiger partial charge on any atom is -0.360 e. The van der Waals surface area contributed by atoms with E-state index in [0.717, 1.165) is 6.42 Å². The second kappa shape index (κ2) is 2.60. The third kappa shape index (κ3) is 1.15. The maximum absolute atomic E-state index is 2.96. The summed E-state index contributed by atoms with van der Waals surface area (Å²) in [6, 6.07) is 0. The van der Waals surface area contributed by atoms with Crippen molar-refractivity contribution in [1.29, 1.82) is 0 Å². The minimum absolute atomic E-state index is 1.11. The van der Waals surface area contributed by atoms with E-state index in [1.54, 1.807) is 0 Å². The molecule has 0 aromatic rings. The molecule has 2 nitrogen and oxygen atoms in total. The number of hydrogen-bond donors (Lipinski definition) is 2. The van der Waals surface area contributed by atoms with Crippen molar-refractivity contribution in [3.63, 3.8) is 0 Å². The van der Waals surface area contributed by atoms with Crippen LogP contribution in [0.3, 0.4) is 0 Å². The molecule has 0 saturated heterocycles. The molecule has 1 rings (SSSR count). The molecule has 0 unspecified atom stereocenters. The zero-order valence-electron chi connectivity index (χ0n) is 4.99. The highest BCUT2D eigenvalue weighted by atomic mass is 15.1. The van der Waals surface area contributed by atoms with Crippen molar-refractivity contribution in [2.75, 3.05) is 0 Å². The number of nitrogens with one attached hydrogen (secondary N) is 2. The van der Waals surface area contributed by atoms with Crippen LogP contribution >= 0.6 is 0 Å². The Labute approximate surface area is 50.0 Å². The fourth-order valence-electron chi connectivity index (χ4n) is 0.680. The van der Waals surface area contributed by atoms with Gasteiger partial charge in [-0.1, -0.05) is 13.3 Å². The highest BCUT2D eigenvalue weighted by Gasteiger charge is 1.99. The van der Waals surface area contributed by atoms with Crippen LogP contribution in [0.25, 0.3) is 0 Å². The normalized spacial score (nSPS) is 16.9. The molecule has 2 radical (unpaired) electrons. The summed E-state index contributed by atoms with van der Waals surface area (Å²) in [5.74, 6) is 0. The molecule has 1 aliphatic heterocycles. The van der Waals surface area contributed by atoms with Gasteiger partial charge in [0.05, 0.1) is 0 Å². The van der Waals surface area contributed by atoms with Crippen LogP contribution in [0, 0.1) is 6.67 Å². The zero-order chi connectivity index (χ0) is 5.82. The predicted molar refractivity (Wildman–Crippen MR) is 32.5 cm³/mol. The molecule has 0 aliphatic carbocycles. The molecule has 1 heterocycles. The van der Waals surface area contributed by atoms with Gasteiger partial charge in [0.15, 0.2) is 0 Å². The molecule has 0 atom stereocenters. The third-order valence-corrected chi connectivity index (χ3v) is 1.06. The summed E-state index contributed by atoms with van der Waals surface area (Å²) in [5, 5.41) is 5.79. The van der Waals surface area contributed by atoms with Crippen LogP contribution in [0.15, 0.2) is 11.9 Å². The monoisotopic (exact) mass is 110 g/mol. The van der Waals surface area contributed by atoms with Crippen molar-refractivity contribution in [2.24, 2.45) is 0 Å². The lowest BCUT2D eigenvalue weighted by molar-refractivity contribution is 0.829. The molecule has 2 N–H and O–H groups in total. The quantitative estimate of drug-likeness (QED) is 0.550. The first-order valence-corrected chi connectivity index (χ1v) is 2.89. The summed E-state index contributed by atoms with van der Waals surface area (Å²) in [5.41, 5.74) is 1.23. The lowest BCUT2D eigenvalue weighted by Gasteiger charge is -1.95. The Morgan fingerprint density at radius 3 is 3.12 bits per heavy atom. The molecule has 0 fully saturated rings. The van der Waals surface area contributed by atoms with Gasteiger partial charge in [-0.05, 0) is 6.42 Å². The van der Waals surface area contributed by atoms with E-state index in [2.05, 4.69) is 24.2 Å². The van der Waals surface area contributed by atoms with Crippen LogP contribution in [0.4, 0.5) is 0 Å². The van der Waals surface area contributed by atoms with Gasteiger partial charge in [0.2, 0.25) is 6.67 Å². The van der Waals surface area contributed by atoms with Gasteiger partial charge in [0.25, 0.3) is 0 Å². The first-order valence-electron chi connectivity index (χ1n) is 2.89. The smallest absolute Gasteiger partial charge is 0.202 e. The van der Waals surface area contributed by atoms with Gasteiger partial charge in [-0.25, -0.2) is 0 Å². The lowest BCUT2D eigenvalue weighted by atomic mass is 10.3. The molecular weight excluding hydrogens is 100 g/mol. The van der Waals surface area contributed by atoms with Crippen molar-refractivity contribution in [2.45, 2.75) is 19.8 Å². The van der Waals surface area contributed by atoms with Gasteiger partial charge in [-0.3, -0.25) is 0 Å². The Morgan fingerprint density at radius 1 is 1.75 bits per heavy atom. The molecule has 0 aromatic heterocycles. The van der Waals surface area contributed by atoms with Crippen molar-refractivity contribution in [1.82, 2.24) is 10.6 Å². The maximum atomic E-state index is 2.96. The van der Waals surface area contributed by atoms with E-state index in [1.165, 1.54) is 12.1 Å². The molecule has 44 valence electrons. The predicted octanol–water partition coefficient (Wildman–Crippen LogP) is 0.817. The standard InChI is InChI=1S/C6H10N2/c1-2-3-6-4-7-5-8-6/h4,7-8H,2-3H2,1H3. The Balaban J connectivity index is 2.23. The fraction of sp³-hybridized carbons (Fsp3) is 0.500. The second-order valence-corrected chi connectivity index (χ2v) is 1.81. The minimum atomic E-state index is 1.11. The molecule has 0 aromatic carbocycles. The van der Waals surface area contributed by atoms with Crippen LogP contribution in [0.2, 0.25) is 0 Å². The Hall–Kier alpha value is -0.660. The Morgan fingerprint density at radius 2 is 2.62 bits per heavy atom. The maximum Gasteiger partial charge on any atom is 0.202 e. The van der Waals surface area contributed by atoms with Gasteiger partial charge in [-0.2, -0.15) is 0 Å². The SMILES string of the molecule is CCCC1=CN[C]N1. The topological polar surface area (TPSA) is 24.1 Å². The van der Waals surface area contributed by atoms with E-state index in [-0.39, 0.29) is 0 Å². The summed E-state index contributed by atoms with van der Waals surface area (Å²) in [7, 11) is 0. The molecule has 0 amide bonds. The van der Waals surface area contributed by atoms with E-state index >= 15 is 0 Å². The summed E-state index contributed by atoms with van der Waals surface area (Å²) < 4.78 is 0. The van der Waals surface area contributed by atoms with Crippen molar-refractivity contribution < 1.29 is 0 Å². The van der Waals surface area contributed by atoms with Gasteiger partial charge in [0.1, 0.15) is 0 Å². The molecule has 8 heavy (non-hydrogen) atoms. The average molecular weight is 110 g/mol. The lowest BCUT2D eigenvalue weighted by Crippen LogP contribution is -2.06. The van der Waals surface area contributed by atoms with Gasteiger partial charge in [-0.15, -0.1) is 0 Å². The highest BCUT2D eigenvalue weighted by Crippen LogP contribution is 2.02. The molecular formula is C6H10N2. The van der Waals surface area contributed by atoms with Crippen LogP contribution in [0.1, 0.15) is 19.8 Å². The molecule has 0 spiro atoms. The number of hydrogen-bond acceptors (Lipinski definition) is 2. The van der Waals surface area contributed by atoms with Gasteiger partial charge in [0, 0.05) is 11.9 Å². The van der Waals surface area contributed by atoms with Crippen molar-refractivity contribution in [3.8, 4) is 0 Å². The first kappa shape index (κ1) is 5.48. The number of allylic oxidation sites excluding steroid dienone is 1. The summed E-state index contributed by atoms with van der Waals surface area (Å²) >= 11 is 0. The highest BCUT2D eigenvalue weighted by molar-refractivity contribution is 5.06. The van der Waals surface area contributed by atoms with Gasteiger partial charge < -0.3 is 10.6 Å². The summed E-state index contributed by atoms with van der Waals surface area (Å²) in [6.07, 6.45) is 4.23. The average Bonchev–Trinajstić information content (AvgIpc) is 2.19. The van der Waals surface area contributed by atoms with Gasteiger partial charge >= 0.3 is 0 Å². The largest absolute Gasteiger partial charge is 0.360 e.